The van der Waals surface area contributed by atoms with Gasteiger partial charge in [-0.05, 0) is 37.0 Å². The van der Waals surface area contributed by atoms with Crippen LogP contribution < -0.4 is 5.32 Å². The second-order valence-electron chi connectivity index (χ2n) is 5.22. The molecule has 0 unspecified atom stereocenters. The van der Waals surface area contributed by atoms with Crippen molar-refractivity contribution in [3.8, 4) is 0 Å². The van der Waals surface area contributed by atoms with Gasteiger partial charge in [-0.15, -0.1) is 5.10 Å². The number of H-pyrrole nitrogens is 1. The molecule has 1 fully saturated rings. The number of carbonyl (C=O) groups is 1. The van der Waals surface area contributed by atoms with Crippen LogP contribution in [-0.4, -0.2) is 21.1 Å². The van der Waals surface area contributed by atoms with Crippen LogP contribution >= 0.6 is 0 Å². The summed E-state index contributed by atoms with van der Waals surface area (Å²) in [6.07, 6.45) is 4.44. The summed E-state index contributed by atoms with van der Waals surface area (Å²) >= 11 is 0. The summed E-state index contributed by atoms with van der Waals surface area (Å²) in [4.78, 5) is 16.3. The van der Waals surface area contributed by atoms with E-state index in [0.717, 1.165) is 37.2 Å². The smallest absolute Gasteiger partial charge is 0.295 e. The highest BCUT2D eigenvalue weighted by molar-refractivity contribution is 6.01. The molecule has 2 aromatic rings. The SMILES string of the molecule is CCCc1ccc(NC(=O)c2n[nH]c(C3CC3)n2)cc1. The second-order valence-corrected chi connectivity index (χ2v) is 5.22. The van der Waals surface area contributed by atoms with Crippen LogP contribution in [0.5, 0.6) is 0 Å². The monoisotopic (exact) mass is 270 g/mol. The van der Waals surface area contributed by atoms with E-state index in [4.69, 9.17) is 0 Å². The van der Waals surface area contributed by atoms with Crippen LogP contribution in [0.15, 0.2) is 24.3 Å². The van der Waals surface area contributed by atoms with Crippen LogP contribution in [0.4, 0.5) is 5.69 Å². The number of aromatic nitrogens is 3. The third-order valence-electron chi connectivity index (χ3n) is 3.42. The maximum absolute atomic E-state index is 12.0. The number of aromatic amines is 1. The van der Waals surface area contributed by atoms with Crippen molar-refractivity contribution in [2.75, 3.05) is 5.32 Å². The van der Waals surface area contributed by atoms with Crippen molar-refractivity contribution in [2.45, 2.75) is 38.5 Å². The van der Waals surface area contributed by atoms with E-state index in [0.29, 0.717) is 5.92 Å². The summed E-state index contributed by atoms with van der Waals surface area (Å²) in [5.74, 6) is 1.24. The minimum absolute atomic E-state index is 0.213. The fourth-order valence-electron chi connectivity index (χ4n) is 2.15. The Balaban J connectivity index is 1.64. The van der Waals surface area contributed by atoms with Crippen molar-refractivity contribution in [1.82, 2.24) is 15.2 Å². The zero-order valence-electron chi connectivity index (χ0n) is 11.5. The molecule has 5 heteroatoms. The Morgan fingerprint density at radius 2 is 2.10 bits per heavy atom. The second kappa shape index (κ2) is 5.45. The van der Waals surface area contributed by atoms with E-state index in [2.05, 4.69) is 27.4 Å². The summed E-state index contributed by atoms with van der Waals surface area (Å²) in [6, 6.07) is 7.90. The third-order valence-corrected chi connectivity index (χ3v) is 3.42. The van der Waals surface area contributed by atoms with Crippen molar-refractivity contribution < 1.29 is 4.79 Å². The molecule has 0 atom stereocenters. The number of hydrogen-bond acceptors (Lipinski definition) is 3. The summed E-state index contributed by atoms with van der Waals surface area (Å²) in [5, 5.41) is 9.63. The number of carbonyl (C=O) groups excluding carboxylic acids is 1. The molecular weight excluding hydrogens is 252 g/mol. The molecule has 0 radical (unpaired) electrons. The van der Waals surface area contributed by atoms with E-state index in [1.165, 1.54) is 5.56 Å². The van der Waals surface area contributed by atoms with Crippen LogP contribution in [0.2, 0.25) is 0 Å². The molecule has 1 aliphatic rings. The third kappa shape index (κ3) is 2.87. The first-order chi connectivity index (χ1) is 9.76. The Hall–Kier alpha value is -2.17. The van der Waals surface area contributed by atoms with Crippen molar-refractivity contribution in [2.24, 2.45) is 0 Å². The van der Waals surface area contributed by atoms with Crippen molar-refractivity contribution in [3.05, 3.63) is 41.5 Å². The first-order valence-electron chi connectivity index (χ1n) is 7.09. The number of anilines is 1. The molecule has 3 rings (SSSR count). The molecule has 1 heterocycles. The van der Waals surface area contributed by atoms with Gasteiger partial charge in [0.1, 0.15) is 5.82 Å². The van der Waals surface area contributed by atoms with Gasteiger partial charge in [0.15, 0.2) is 0 Å². The zero-order chi connectivity index (χ0) is 13.9. The van der Waals surface area contributed by atoms with Crippen LogP contribution in [0, 0.1) is 0 Å². The van der Waals surface area contributed by atoms with Crippen molar-refractivity contribution >= 4 is 11.6 Å². The highest BCUT2D eigenvalue weighted by atomic mass is 16.2. The minimum Gasteiger partial charge on any atom is -0.319 e. The fraction of sp³-hybridized carbons (Fsp3) is 0.400. The summed E-state index contributed by atoms with van der Waals surface area (Å²) in [5.41, 5.74) is 2.05. The van der Waals surface area contributed by atoms with Gasteiger partial charge < -0.3 is 5.32 Å². The number of amides is 1. The lowest BCUT2D eigenvalue weighted by molar-refractivity contribution is 0.101. The quantitative estimate of drug-likeness (QED) is 0.877. The molecule has 0 aliphatic heterocycles. The van der Waals surface area contributed by atoms with E-state index in [1.807, 2.05) is 24.3 Å². The number of nitrogens with one attached hydrogen (secondary N) is 2. The van der Waals surface area contributed by atoms with Gasteiger partial charge in [0.2, 0.25) is 5.82 Å². The van der Waals surface area contributed by atoms with Crippen molar-refractivity contribution in [1.29, 1.82) is 0 Å². The molecule has 1 aliphatic carbocycles. The van der Waals surface area contributed by atoms with Gasteiger partial charge >= 0.3 is 0 Å². The van der Waals surface area contributed by atoms with Gasteiger partial charge in [-0.1, -0.05) is 25.5 Å². The van der Waals surface area contributed by atoms with E-state index in [-0.39, 0.29) is 11.7 Å². The number of hydrogen-bond donors (Lipinski definition) is 2. The van der Waals surface area contributed by atoms with Gasteiger partial charge in [-0.3, -0.25) is 9.89 Å². The molecule has 1 saturated carbocycles. The molecule has 1 aromatic carbocycles. The Morgan fingerprint density at radius 3 is 2.75 bits per heavy atom. The highest BCUT2D eigenvalue weighted by Gasteiger charge is 2.28. The first kappa shape index (κ1) is 12.8. The molecule has 1 amide bonds. The van der Waals surface area contributed by atoms with Crippen LogP contribution in [0.25, 0.3) is 0 Å². The summed E-state index contributed by atoms with van der Waals surface area (Å²) < 4.78 is 0. The topological polar surface area (TPSA) is 70.7 Å². The Bertz CT molecular complexity index is 599. The normalized spacial score (nSPS) is 14.2. The lowest BCUT2D eigenvalue weighted by atomic mass is 10.1. The van der Waals surface area contributed by atoms with Crippen molar-refractivity contribution in [3.63, 3.8) is 0 Å². The van der Waals surface area contributed by atoms with Gasteiger partial charge in [-0.2, -0.15) is 0 Å². The largest absolute Gasteiger partial charge is 0.319 e. The molecule has 2 N–H and O–H groups in total. The first-order valence-corrected chi connectivity index (χ1v) is 7.09. The molecule has 0 spiro atoms. The Kier molecular flexibility index (Phi) is 3.50. The fourth-order valence-corrected chi connectivity index (χ4v) is 2.15. The molecule has 1 aromatic heterocycles. The molecular formula is C15H18N4O. The zero-order valence-corrected chi connectivity index (χ0v) is 11.5. The molecule has 20 heavy (non-hydrogen) atoms. The highest BCUT2D eigenvalue weighted by Crippen LogP contribution is 2.37. The number of nitrogens with zero attached hydrogens (tertiary/aromatic N) is 2. The Labute approximate surface area is 117 Å². The lowest BCUT2D eigenvalue weighted by Crippen LogP contribution is -2.13. The van der Waals surface area contributed by atoms with E-state index >= 15 is 0 Å². The van der Waals surface area contributed by atoms with Crippen LogP contribution in [-0.2, 0) is 6.42 Å². The van der Waals surface area contributed by atoms with Gasteiger partial charge in [0.05, 0.1) is 0 Å². The lowest BCUT2D eigenvalue weighted by Gasteiger charge is -2.04. The molecule has 0 bridgehead atoms. The van der Waals surface area contributed by atoms with Crippen LogP contribution in [0.3, 0.4) is 0 Å². The maximum Gasteiger partial charge on any atom is 0.295 e. The standard InChI is InChI=1S/C15H18N4O/c1-2-3-10-4-8-12(9-5-10)16-15(20)14-17-13(18-19-14)11-6-7-11/h4-5,8-9,11H,2-3,6-7H2,1H3,(H,16,20)(H,17,18,19). The molecule has 5 nitrogen and oxygen atoms in total. The number of rotatable bonds is 5. The minimum atomic E-state index is -0.267. The van der Waals surface area contributed by atoms with Gasteiger partial charge in [0, 0.05) is 11.6 Å². The molecule has 104 valence electrons. The van der Waals surface area contributed by atoms with E-state index in [1.54, 1.807) is 0 Å². The maximum atomic E-state index is 12.0. The summed E-state index contributed by atoms with van der Waals surface area (Å²) in [6.45, 7) is 2.15. The van der Waals surface area contributed by atoms with E-state index in [9.17, 15) is 4.79 Å². The van der Waals surface area contributed by atoms with E-state index < -0.39 is 0 Å². The predicted molar refractivity (Wildman–Crippen MR) is 76.7 cm³/mol. The predicted octanol–water partition coefficient (Wildman–Crippen LogP) is 2.89. The van der Waals surface area contributed by atoms with Gasteiger partial charge in [0.25, 0.3) is 5.91 Å². The number of aryl methyl sites for hydroxylation is 1. The van der Waals surface area contributed by atoms with Gasteiger partial charge in [-0.25, -0.2) is 4.98 Å². The average molecular weight is 270 g/mol. The molecule has 0 saturated heterocycles. The number of benzene rings is 1. The van der Waals surface area contributed by atoms with Crippen LogP contribution in [0.1, 0.15) is 54.1 Å². The summed E-state index contributed by atoms with van der Waals surface area (Å²) in [7, 11) is 0. The average Bonchev–Trinajstić information content (AvgIpc) is 3.19. The Morgan fingerprint density at radius 1 is 1.35 bits per heavy atom.